The molecule has 1 fully saturated rings. The third-order valence-corrected chi connectivity index (χ3v) is 21.0. The molecule has 0 N–H and O–H groups in total. The van der Waals surface area contributed by atoms with E-state index in [9.17, 15) is 0 Å². The Morgan fingerprint density at radius 3 is 1.89 bits per heavy atom. The van der Waals surface area contributed by atoms with Gasteiger partial charge in [0.05, 0.1) is 0 Å². The Hall–Kier alpha value is 0.499. The topological polar surface area (TPSA) is 9.23 Å². The Labute approximate surface area is 176 Å². The molecular formula is C25H50OSn. The summed E-state index contributed by atoms with van der Waals surface area (Å²) in [6, 6.07) is 0. The van der Waals surface area contributed by atoms with Gasteiger partial charge in [-0.05, 0) is 0 Å². The van der Waals surface area contributed by atoms with Crippen LogP contribution in [0, 0.1) is 5.92 Å². The van der Waals surface area contributed by atoms with Crippen molar-refractivity contribution in [3.63, 3.8) is 0 Å². The van der Waals surface area contributed by atoms with E-state index in [4.69, 9.17) is 4.74 Å². The van der Waals surface area contributed by atoms with Crippen molar-refractivity contribution in [2.45, 2.75) is 131 Å². The molecule has 0 bridgehead atoms. The summed E-state index contributed by atoms with van der Waals surface area (Å²) in [5.41, 5.74) is 0. The van der Waals surface area contributed by atoms with E-state index in [0.717, 1.165) is 0 Å². The predicted molar refractivity (Wildman–Crippen MR) is 125 cm³/mol. The molecule has 0 heterocycles. The van der Waals surface area contributed by atoms with Gasteiger partial charge < -0.3 is 0 Å². The summed E-state index contributed by atoms with van der Waals surface area (Å²) >= 11 is -2.13. The number of rotatable bonds is 16. The molecule has 1 aliphatic carbocycles. The fourth-order valence-corrected chi connectivity index (χ4v) is 19.1. The van der Waals surface area contributed by atoms with Gasteiger partial charge in [0.15, 0.2) is 0 Å². The number of ether oxygens (including phenoxy) is 1. The van der Waals surface area contributed by atoms with Crippen LogP contribution < -0.4 is 0 Å². The molecule has 0 aromatic heterocycles. The average Bonchev–Trinajstić information content (AvgIpc) is 2.71. The summed E-state index contributed by atoms with van der Waals surface area (Å²) in [5.74, 6) is 0.697. The molecule has 0 aliphatic heterocycles. The Balaban J connectivity index is 2.70. The van der Waals surface area contributed by atoms with Crippen molar-refractivity contribution in [3.8, 4) is 0 Å². The second-order valence-electron chi connectivity index (χ2n) is 9.18. The molecular weight excluding hydrogens is 435 g/mol. The zero-order chi connectivity index (χ0) is 19.8. The van der Waals surface area contributed by atoms with Crippen molar-refractivity contribution in [2.24, 2.45) is 5.92 Å². The molecule has 0 aromatic rings. The minimum absolute atomic E-state index is 0.526. The van der Waals surface area contributed by atoms with Crippen molar-refractivity contribution >= 4 is 18.4 Å². The van der Waals surface area contributed by atoms with Crippen molar-refractivity contribution in [1.82, 2.24) is 0 Å². The molecule has 2 heteroatoms. The minimum atomic E-state index is -2.13. The Morgan fingerprint density at radius 2 is 1.33 bits per heavy atom. The SMILES string of the molecule is CCCC/C=C\[C@H]1CCCC[C@@H]1O[CH2][Sn]([CH2]CCC)([CH2]CCC)[CH2]CCC. The predicted octanol–water partition coefficient (Wildman–Crippen LogP) is 8.70. The standard InChI is InChI=1S/C13H23O.3C4H9.Sn/c1-3-4-5-6-9-12-10-7-8-11-13(12)14-2;3*1-3-4-2;/h6,9,12-13H,2-5,7-8,10-11H2,1H3;3*1,3-4H2,2H3;/b9-6-;;;;/t12-,13-;;;;/m0..../s1. The molecule has 2 atom stereocenters. The fourth-order valence-electron chi connectivity index (χ4n) is 4.68. The van der Waals surface area contributed by atoms with Crippen molar-refractivity contribution < 1.29 is 4.74 Å². The van der Waals surface area contributed by atoms with Crippen molar-refractivity contribution in [2.75, 3.05) is 4.62 Å². The molecule has 1 saturated carbocycles. The van der Waals surface area contributed by atoms with Crippen LogP contribution in [0.15, 0.2) is 12.2 Å². The van der Waals surface area contributed by atoms with Crippen LogP contribution in [0.2, 0.25) is 13.3 Å². The van der Waals surface area contributed by atoms with Gasteiger partial charge in [-0.2, -0.15) is 0 Å². The monoisotopic (exact) mass is 486 g/mol. The molecule has 0 amide bonds. The second kappa shape index (κ2) is 16.3. The maximum absolute atomic E-state index is 6.85. The zero-order valence-corrected chi connectivity index (χ0v) is 22.1. The van der Waals surface area contributed by atoms with E-state index in [1.54, 1.807) is 13.3 Å². The first-order chi connectivity index (χ1) is 13.2. The summed E-state index contributed by atoms with van der Waals surface area (Å²) in [6.07, 6.45) is 23.3. The summed E-state index contributed by atoms with van der Waals surface area (Å²) in [4.78, 5) is 0. The van der Waals surface area contributed by atoms with E-state index in [1.807, 2.05) is 0 Å². The zero-order valence-electron chi connectivity index (χ0n) is 19.2. The quantitative estimate of drug-likeness (QED) is 0.121. The van der Waals surface area contributed by atoms with E-state index in [-0.39, 0.29) is 0 Å². The van der Waals surface area contributed by atoms with Gasteiger partial charge in [0.1, 0.15) is 0 Å². The van der Waals surface area contributed by atoms with E-state index in [1.165, 1.54) is 88.1 Å². The van der Waals surface area contributed by atoms with E-state index < -0.39 is 18.4 Å². The van der Waals surface area contributed by atoms with Crippen LogP contribution >= 0.6 is 0 Å². The molecule has 0 spiro atoms. The van der Waals surface area contributed by atoms with Gasteiger partial charge in [0, 0.05) is 0 Å². The van der Waals surface area contributed by atoms with E-state index in [2.05, 4.69) is 39.8 Å². The van der Waals surface area contributed by atoms with Gasteiger partial charge in [-0.25, -0.2) is 0 Å². The van der Waals surface area contributed by atoms with Crippen LogP contribution in [-0.4, -0.2) is 29.1 Å². The molecule has 0 saturated heterocycles. The number of hydrogen-bond acceptors (Lipinski definition) is 1. The van der Waals surface area contributed by atoms with Crippen LogP contribution in [-0.2, 0) is 4.74 Å². The first-order valence-corrected chi connectivity index (χ1v) is 20.6. The van der Waals surface area contributed by atoms with Gasteiger partial charge in [0.2, 0.25) is 0 Å². The number of unbranched alkanes of at least 4 members (excludes halogenated alkanes) is 5. The maximum atomic E-state index is 6.85. The molecule has 27 heavy (non-hydrogen) atoms. The van der Waals surface area contributed by atoms with Crippen LogP contribution in [0.4, 0.5) is 0 Å². The second-order valence-corrected chi connectivity index (χ2v) is 22.8. The molecule has 160 valence electrons. The third-order valence-electron chi connectivity index (χ3n) is 6.65. The van der Waals surface area contributed by atoms with Gasteiger partial charge >= 0.3 is 176 Å². The summed E-state index contributed by atoms with van der Waals surface area (Å²) in [5, 5.41) is 0. The summed E-state index contributed by atoms with van der Waals surface area (Å²) in [6.45, 7) is 9.40. The first kappa shape index (κ1) is 25.5. The average molecular weight is 485 g/mol. The molecule has 1 aliphatic rings. The summed E-state index contributed by atoms with van der Waals surface area (Å²) in [7, 11) is 0. The van der Waals surface area contributed by atoms with Crippen LogP contribution in [0.5, 0.6) is 0 Å². The normalized spacial score (nSPS) is 21.2. The van der Waals surface area contributed by atoms with E-state index in [0.29, 0.717) is 12.0 Å². The molecule has 0 radical (unpaired) electrons. The van der Waals surface area contributed by atoms with Gasteiger partial charge in [-0.3, -0.25) is 0 Å². The van der Waals surface area contributed by atoms with Crippen LogP contribution in [0.25, 0.3) is 0 Å². The molecule has 1 nitrogen and oxygen atoms in total. The van der Waals surface area contributed by atoms with Gasteiger partial charge in [-0.1, -0.05) is 0 Å². The summed E-state index contributed by atoms with van der Waals surface area (Å²) < 4.78 is 12.8. The molecule has 0 aromatic carbocycles. The van der Waals surface area contributed by atoms with Crippen molar-refractivity contribution in [1.29, 1.82) is 0 Å². The van der Waals surface area contributed by atoms with Crippen LogP contribution in [0.1, 0.15) is 111 Å². The number of hydrogen-bond donors (Lipinski definition) is 0. The first-order valence-electron chi connectivity index (χ1n) is 12.5. The number of allylic oxidation sites excluding steroid dienone is 1. The van der Waals surface area contributed by atoms with E-state index >= 15 is 0 Å². The Morgan fingerprint density at radius 1 is 0.778 bits per heavy atom. The van der Waals surface area contributed by atoms with Gasteiger partial charge in [-0.15, -0.1) is 0 Å². The molecule has 0 unspecified atom stereocenters. The molecule has 1 rings (SSSR count). The third kappa shape index (κ3) is 10.7. The van der Waals surface area contributed by atoms with Crippen molar-refractivity contribution in [3.05, 3.63) is 12.2 Å². The van der Waals surface area contributed by atoms with Crippen LogP contribution in [0.3, 0.4) is 0 Å². The Kier molecular flexibility index (Phi) is 15.4. The van der Waals surface area contributed by atoms with Gasteiger partial charge in [0.25, 0.3) is 0 Å². The fraction of sp³-hybridized carbons (Fsp3) is 0.920. The Bertz CT molecular complexity index is 344.